The van der Waals surface area contributed by atoms with Crippen LogP contribution in [0.25, 0.3) is 0 Å². The predicted molar refractivity (Wildman–Crippen MR) is 70.1 cm³/mol. The SMILES string of the molecule is OCc1ccc(C(O)(c2cncnc2)C2CC2)cc1. The second-order valence-corrected chi connectivity index (χ2v) is 5.02. The maximum atomic E-state index is 11.1. The van der Waals surface area contributed by atoms with E-state index in [9.17, 15) is 5.11 Å². The van der Waals surface area contributed by atoms with Crippen molar-refractivity contribution in [1.29, 1.82) is 0 Å². The van der Waals surface area contributed by atoms with E-state index in [2.05, 4.69) is 9.97 Å². The quantitative estimate of drug-likeness (QED) is 0.872. The zero-order chi connectivity index (χ0) is 13.3. The van der Waals surface area contributed by atoms with Gasteiger partial charge in [-0.2, -0.15) is 0 Å². The third kappa shape index (κ3) is 2.13. The summed E-state index contributed by atoms with van der Waals surface area (Å²) in [6, 6.07) is 7.42. The summed E-state index contributed by atoms with van der Waals surface area (Å²) in [7, 11) is 0. The highest BCUT2D eigenvalue weighted by Gasteiger charge is 2.46. The molecule has 3 rings (SSSR count). The van der Waals surface area contributed by atoms with Crippen molar-refractivity contribution in [3.63, 3.8) is 0 Å². The summed E-state index contributed by atoms with van der Waals surface area (Å²) in [6.07, 6.45) is 6.82. The third-order valence-corrected chi connectivity index (χ3v) is 3.75. The Morgan fingerprint density at radius 3 is 2.21 bits per heavy atom. The largest absolute Gasteiger partial charge is 0.392 e. The first-order valence-corrected chi connectivity index (χ1v) is 6.43. The number of hydrogen-bond donors (Lipinski definition) is 2. The molecule has 1 atom stereocenters. The van der Waals surface area contributed by atoms with E-state index in [-0.39, 0.29) is 12.5 Å². The first-order valence-electron chi connectivity index (χ1n) is 6.43. The van der Waals surface area contributed by atoms with Crippen molar-refractivity contribution in [2.24, 2.45) is 5.92 Å². The Bertz CT molecular complexity index is 552. The highest BCUT2D eigenvalue weighted by atomic mass is 16.3. The summed E-state index contributed by atoms with van der Waals surface area (Å²) in [5, 5.41) is 20.2. The fourth-order valence-corrected chi connectivity index (χ4v) is 2.50. The Balaban J connectivity index is 2.05. The molecule has 19 heavy (non-hydrogen) atoms. The number of aliphatic hydroxyl groups is 2. The van der Waals surface area contributed by atoms with Crippen LogP contribution < -0.4 is 0 Å². The zero-order valence-corrected chi connectivity index (χ0v) is 10.5. The fraction of sp³-hybridized carbons (Fsp3) is 0.333. The monoisotopic (exact) mass is 256 g/mol. The summed E-state index contributed by atoms with van der Waals surface area (Å²) in [4.78, 5) is 8.02. The van der Waals surface area contributed by atoms with E-state index >= 15 is 0 Å². The molecule has 2 aromatic rings. The lowest BCUT2D eigenvalue weighted by Crippen LogP contribution is -2.30. The molecule has 2 N–H and O–H groups in total. The van der Waals surface area contributed by atoms with Crippen LogP contribution in [-0.4, -0.2) is 20.2 Å². The number of rotatable bonds is 4. The van der Waals surface area contributed by atoms with Gasteiger partial charge in [0.05, 0.1) is 6.61 Å². The highest BCUT2D eigenvalue weighted by molar-refractivity contribution is 5.37. The normalized spacial score (nSPS) is 18.0. The van der Waals surface area contributed by atoms with Gasteiger partial charge in [0.25, 0.3) is 0 Å². The van der Waals surface area contributed by atoms with Crippen LogP contribution in [-0.2, 0) is 12.2 Å². The van der Waals surface area contributed by atoms with Crippen LogP contribution in [0.4, 0.5) is 0 Å². The minimum atomic E-state index is -1.02. The van der Waals surface area contributed by atoms with E-state index < -0.39 is 5.60 Å². The molecule has 1 aliphatic carbocycles. The van der Waals surface area contributed by atoms with Gasteiger partial charge in [-0.15, -0.1) is 0 Å². The number of hydrogen-bond acceptors (Lipinski definition) is 4. The van der Waals surface area contributed by atoms with Gasteiger partial charge in [-0.3, -0.25) is 0 Å². The van der Waals surface area contributed by atoms with E-state index in [0.717, 1.165) is 29.5 Å². The average molecular weight is 256 g/mol. The molecule has 4 nitrogen and oxygen atoms in total. The molecule has 1 aromatic carbocycles. The molecule has 0 aliphatic heterocycles. The van der Waals surface area contributed by atoms with Gasteiger partial charge in [0, 0.05) is 18.0 Å². The van der Waals surface area contributed by atoms with E-state index in [4.69, 9.17) is 5.11 Å². The first kappa shape index (κ1) is 12.3. The van der Waals surface area contributed by atoms with Crippen LogP contribution in [0.3, 0.4) is 0 Å². The molecule has 4 heteroatoms. The van der Waals surface area contributed by atoms with Gasteiger partial charge in [0.2, 0.25) is 0 Å². The Morgan fingerprint density at radius 2 is 1.68 bits per heavy atom. The third-order valence-electron chi connectivity index (χ3n) is 3.75. The van der Waals surface area contributed by atoms with Gasteiger partial charge in [-0.1, -0.05) is 24.3 Å². The van der Waals surface area contributed by atoms with E-state index in [1.807, 2.05) is 24.3 Å². The predicted octanol–water partition coefficient (Wildman–Crippen LogP) is 1.61. The maximum Gasteiger partial charge on any atom is 0.120 e. The number of benzene rings is 1. The van der Waals surface area contributed by atoms with Crippen molar-refractivity contribution in [3.05, 3.63) is 59.7 Å². The summed E-state index contributed by atoms with van der Waals surface area (Å²) in [5.41, 5.74) is 1.39. The smallest absolute Gasteiger partial charge is 0.120 e. The molecule has 0 saturated heterocycles. The van der Waals surface area contributed by atoms with Crippen LogP contribution in [0, 0.1) is 5.92 Å². The molecule has 1 heterocycles. The maximum absolute atomic E-state index is 11.1. The lowest BCUT2D eigenvalue weighted by atomic mass is 9.83. The van der Waals surface area contributed by atoms with Crippen LogP contribution >= 0.6 is 0 Å². The van der Waals surface area contributed by atoms with E-state index in [1.54, 1.807) is 12.4 Å². The molecular formula is C15H16N2O2. The lowest BCUT2D eigenvalue weighted by Gasteiger charge is -2.28. The fourth-order valence-electron chi connectivity index (χ4n) is 2.50. The molecule has 0 radical (unpaired) electrons. The van der Waals surface area contributed by atoms with Crippen LogP contribution in [0.2, 0.25) is 0 Å². The topological polar surface area (TPSA) is 66.2 Å². The van der Waals surface area contributed by atoms with Crippen molar-refractivity contribution in [3.8, 4) is 0 Å². The zero-order valence-electron chi connectivity index (χ0n) is 10.5. The first-order chi connectivity index (χ1) is 9.25. The van der Waals surface area contributed by atoms with Gasteiger partial charge < -0.3 is 10.2 Å². The second kappa shape index (κ2) is 4.72. The van der Waals surface area contributed by atoms with Gasteiger partial charge >= 0.3 is 0 Å². The van der Waals surface area contributed by atoms with E-state index in [1.165, 1.54) is 6.33 Å². The standard InChI is InChI=1S/C15H16N2O2/c18-9-11-1-3-12(4-2-11)15(19,13-5-6-13)14-7-16-10-17-8-14/h1-4,7-8,10,13,18-19H,5-6,9H2. The van der Waals surface area contributed by atoms with Crippen LogP contribution in [0.15, 0.2) is 43.0 Å². The molecule has 0 bridgehead atoms. The van der Waals surface area contributed by atoms with Gasteiger partial charge in [0.1, 0.15) is 11.9 Å². The van der Waals surface area contributed by atoms with Crippen LogP contribution in [0.5, 0.6) is 0 Å². The van der Waals surface area contributed by atoms with Crippen molar-refractivity contribution < 1.29 is 10.2 Å². The number of aromatic nitrogens is 2. The van der Waals surface area contributed by atoms with E-state index in [0.29, 0.717) is 0 Å². The Kier molecular flexibility index (Phi) is 3.05. The van der Waals surface area contributed by atoms with Crippen molar-refractivity contribution in [1.82, 2.24) is 9.97 Å². The molecule has 1 unspecified atom stereocenters. The average Bonchev–Trinajstić information content (AvgIpc) is 3.32. The molecule has 98 valence electrons. The summed E-state index contributed by atoms with van der Waals surface area (Å²) >= 11 is 0. The van der Waals surface area contributed by atoms with Gasteiger partial charge in [0.15, 0.2) is 0 Å². The molecule has 1 aliphatic rings. The molecule has 0 amide bonds. The minimum Gasteiger partial charge on any atom is -0.392 e. The second-order valence-electron chi connectivity index (χ2n) is 5.02. The summed E-state index contributed by atoms with van der Waals surface area (Å²) < 4.78 is 0. The summed E-state index contributed by atoms with van der Waals surface area (Å²) in [5.74, 6) is 0.221. The molecule has 1 fully saturated rings. The highest BCUT2D eigenvalue weighted by Crippen LogP contribution is 2.49. The lowest BCUT2D eigenvalue weighted by molar-refractivity contribution is 0.0556. The minimum absolute atomic E-state index is 0.0105. The Morgan fingerprint density at radius 1 is 1.05 bits per heavy atom. The molecular weight excluding hydrogens is 240 g/mol. The van der Waals surface area contributed by atoms with Crippen LogP contribution in [0.1, 0.15) is 29.5 Å². The molecule has 1 aromatic heterocycles. The molecule has 0 spiro atoms. The Labute approximate surface area is 111 Å². The molecule has 1 saturated carbocycles. The number of nitrogens with zero attached hydrogens (tertiary/aromatic N) is 2. The van der Waals surface area contributed by atoms with Crippen molar-refractivity contribution in [2.75, 3.05) is 0 Å². The summed E-state index contributed by atoms with van der Waals surface area (Å²) in [6.45, 7) is 0.0105. The van der Waals surface area contributed by atoms with Gasteiger partial charge in [-0.25, -0.2) is 9.97 Å². The van der Waals surface area contributed by atoms with Crippen molar-refractivity contribution in [2.45, 2.75) is 25.0 Å². The number of aliphatic hydroxyl groups excluding tert-OH is 1. The Hall–Kier alpha value is -1.78. The van der Waals surface area contributed by atoms with Crippen molar-refractivity contribution >= 4 is 0 Å². The van der Waals surface area contributed by atoms with Gasteiger partial charge in [-0.05, 0) is 29.9 Å².